The second kappa shape index (κ2) is 6.44. The third kappa shape index (κ3) is 3.79. The maximum Gasteiger partial charge on any atom is 0.0947 e. The highest BCUT2D eigenvalue weighted by Gasteiger charge is 2.04. The summed E-state index contributed by atoms with van der Waals surface area (Å²) in [4.78, 5) is 0. The van der Waals surface area contributed by atoms with Crippen LogP contribution in [0.5, 0.6) is 0 Å². The van der Waals surface area contributed by atoms with E-state index in [2.05, 4.69) is 18.8 Å². The van der Waals surface area contributed by atoms with Crippen LogP contribution < -0.4 is 5.32 Å². The number of furan rings is 1. The van der Waals surface area contributed by atoms with Crippen LogP contribution in [0.2, 0.25) is 0 Å². The van der Waals surface area contributed by atoms with Crippen molar-refractivity contribution in [2.75, 3.05) is 0 Å². The van der Waals surface area contributed by atoms with Crippen molar-refractivity contribution < 1.29 is 4.42 Å². The molecule has 2 nitrogen and oxygen atoms in total. The van der Waals surface area contributed by atoms with Gasteiger partial charge in [0.05, 0.1) is 12.5 Å². The molecule has 0 saturated carbocycles. The Morgan fingerprint density at radius 3 is 3.07 bits per heavy atom. The van der Waals surface area contributed by atoms with Crippen LogP contribution in [0.25, 0.3) is 0 Å². The Morgan fingerprint density at radius 1 is 1.64 bits per heavy atom. The Balaban J connectivity index is 2.23. The zero-order valence-electron chi connectivity index (χ0n) is 8.83. The van der Waals surface area contributed by atoms with E-state index in [9.17, 15) is 0 Å². The van der Waals surface area contributed by atoms with Crippen molar-refractivity contribution in [3.63, 3.8) is 0 Å². The monoisotopic (exact) mass is 193 g/mol. The van der Waals surface area contributed by atoms with Crippen molar-refractivity contribution in [1.82, 2.24) is 5.32 Å². The molecule has 0 amide bonds. The molecule has 14 heavy (non-hydrogen) atoms. The highest BCUT2D eigenvalue weighted by atomic mass is 16.3. The van der Waals surface area contributed by atoms with Crippen LogP contribution in [0.4, 0.5) is 0 Å². The van der Waals surface area contributed by atoms with Gasteiger partial charge < -0.3 is 9.73 Å². The fourth-order valence-electron chi connectivity index (χ4n) is 1.42. The number of hydrogen-bond donors (Lipinski definition) is 1. The first-order valence-corrected chi connectivity index (χ1v) is 5.22. The predicted octanol–water partition coefficient (Wildman–Crippen LogP) is 3.11. The SMILES string of the molecule is C=CCCC(CC)NCc1ccoc1. The average molecular weight is 193 g/mol. The van der Waals surface area contributed by atoms with Crippen LogP contribution >= 0.6 is 0 Å². The summed E-state index contributed by atoms with van der Waals surface area (Å²) < 4.78 is 5.01. The Hall–Kier alpha value is -1.02. The molecule has 1 heterocycles. The first-order chi connectivity index (χ1) is 6.86. The molecule has 1 unspecified atom stereocenters. The van der Waals surface area contributed by atoms with Gasteiger partial charge in [0.25, 0.3) is 0 Å². The molecule has 0 aliphatic rings. The van der Waals surface area contributed by atoms with Crippen LogP contribution in [-0.4, -0.2) is 6.04 Å². The van der Waals surface area contributed by atoms with Crippen LogP contribution in [0, 0.1) is 0 Å². The lowest BCUT2D eigenvalue weighted by Gasteiger charge is -2.15. The zero-order chi connectivity index (χ0) is 10.2. The molecule has 1 atom stereocenters. The number of hydrogen-bond acceptors (Lipinski definition) is 2. The van der Waals surface area contributed by atoms with Gasteiger partial charge in [0, 0.05) is 18.2 Å². The molecule has 0 fully saturated rings. The third-order valence-corrected chi connectivity index (χ3v) is 2.39. The fourth-order valence-corrected chi connectivity index (χ4v) is 1.42. The van der Waals surface area contributed by atoms with Gasteiger partial charge in [-0.15, -0.1) is 6.58 Å². The Kier molecular flexibility index (Phi) is 5.08. The Morgan fingerprint density at radius 2 is 2.50 bits per heavy atom. The molecule has 0 spiro atoms. The van der Waals surface area contributed by atoms with Gasteiger partial charge in [0.2, 0.25) is 0 Å². The van der Waals surface area contributed by atoms with Gasteiger partial charge in [-0.2, -0.15) is 0 Å². The Bertz CT molecular complexity index is 241. The fraction of sp³-hybridized carbons (Fsp3) is 0.500. The van der Waals surface area contributed by atoms with Gasteiger partial charge in [-0.3, -0.25) is 0 Å². The minimum absolute atomic E-state index is 0.586. The molecule has 2 heteroatoms. The van der Waals surface area contributed by atoms with Gasteiger partial charge in [0.1, 0.15) is 0 Å². The van der Waals surface area contributed by atoms with E-state index >= 15 is 0 Å². The lowest BCUT2D eigenvalue weighted by molar-refractivity contribution is 0.468. The van der Waals surface area contributed by atoms with Crippen molar-refractivity contribution in [1.29, 1.82) is 0 Å². The van der Waals surface area contributed by atoms with Gasteiger partial charge in [-0.25, -0.2) is 0 Å². The summed E-state index contributed by atoms with van der Waals surface area (Å²) in [6.45, 7) is 6.83. The summed E-state index contributed by atoms with van der Waals surface area (Å²) in [5.41, 5.74) is 1.21. The van der Waals surface area contributed by atoms with Crippen molar-refractivity contribution >= 4 is 0 Å². The van der Waals surface area contributed by atoms with Crippen LogP contribution in [0.15, 0.2) is 35.7 Å². The summed E-state index contributed by atoms with van der Waals surface area (Å²) in [6.07, 6.45) is 8.87. The highest BCUT2D eigenvalue weighted by Crippen LogP contribution is 2.05. The predicted molar refractivity (Wildman–Crippen MR) is 59.1 cm³/mol. The van der Waals surface area contributed by atoms with Gasteiger partial charge in [-0.05, 0) is 25.3 Å². The lowest BCUT2D eigenvalue weighted by atomic mass is 10.1. The zero-order valence-corrected chi connectivity index (χ0v) is 8.83. The molecular weight excluding hydrogens is 174 g/mol. The Labute approximate surface area is 86.0 Å². The molecule has 1 rings (SSSR count). The molecule has 0 radical (unpaired) electrons. The van der Waals surface area contributed by atoms with Crippen molar-refractivity contribution in [2.24, 2.45) is 0 Å². The second-order valence-corrected chi connectivity index (χ2v) is 3.48. The molecule has 0 aromatic carbocycles. The maximum atomic E-state index is 5.01. The van der Waals surface area contributed by atoms with Crippen LogP contribution in [0.1, 0.15) is 31.7 Å². The van der Waals surface area contributed by atoms with Crippen LogP contribution in [0.3, 0.4) is 0 Å². The molecule has 0 bridgehead atoms. The van der Waals surface area contributed by atoms with Crippen molar-refractivity contribution in [3.8, 4) is 0 Å². The normalized spacial score (nSPS) is 12.6. The van der Waals surface area contributed by atoms with E-state index in [-0.39, 0.29) is 0 Å². The van der Waals surface area contributed by atoms with E-state index in [1.165, 1.54) is 5.56 Å². The summed E-state index contributed by atoms with van der Waals surface area (Å²) in [7, 11) is 0. The molecule has 1 N–H and O–H groups in total. The standard InChI is InChI=1S/C12H19NO/c1-3-5-6-12(4-2)13-9-11-7-8-14-10-11/h3,7-8,10,12-13H,1,4-6,9H2,2H3. The minimum Gasteiger partial charge on any atom is -0.472 e. The number of nitrogens with one attached hydrogen (secondary N) is 1. The maximum absolute atomic E-state index is 5.01. The van der Waals surface area contributed by atoms with E-state index < -0.39 is 0 Å². The van der Waals surface area contributed by atoms with E-state index in [1.54, 1.807) is 12.5 Å². The quantitative estimate of drug-likeness (QED) is 0.673. The molecule has 0 aliphatic heterocycles. The molecule has 1 aromatic heterocycles. The van der Waals surface area contributed by atoms with Gasteiger partial charge in [-0.1, -0.05) is 13.0 Å². The van der Waals surface area contributed by atoms with Gasteiger partial charge in [0.15, 0.2) is 0 Å². The van der Waals surface area contributed by atoms with E-state index in [1.807, 2.05) is 12.1 Å². The smallest absolute Gasteiger partial charge is 0.0947 e. The molecule has 1 aromatic rings. The van der Waals surface area contributed by atoms with E-state index in [4.69, 9.17) is 4.42 Å². The van der Waals surface area contributed by atoms with Gasteiger partial charge >= 0.3 is 0 Å². The highest BCUT2D eigenvalue weighted by molar-refractivity contribution is 5.04. The number of allylic oxidation sites excluding steroid dienone is 1. The summed E-state index contributed by atoms with van der Waals surface area (Å²) in [5.74, 6) is 0. The summed E-state index contributed by atoms with van der Waals surface area (Å²) in [5, 5.41) is 3.50. The summed E-state index contributed by atoms with van der Waals surface area (Å²) in [6, 6.07) is 2.58. The first-order valence-electron chi connectivity index (χ1n) is 5.22. The van der Waals surface area contributed by atoms with Crippen molar-refractivity contribution in [2.45, 2.75) is 38.8 Å². The summed E-state index contributed by atoms with van der Waals surface area (Å²) >= 11 is 0. The van der Waals surface area contributed by atoms with E-state index in [0.29, 0.717) is 6.04 Å². The van der Waals surface area contributed by atoms with E-state index in [0.717, 1.165) is 25.8 Å². The first kappa shape index (κ1) is 11.1. The largest absolute Gasteiger partial charge is 0.472 e. The molecule has 78 valence electrons. The lowest BCUT2D eigenvalue weighted by Crippen LogP contribution is -2.27. The average Bonchev–Trinajstić information content (AvgIpc) is 2.71. The number of rotatable bonds is 7. The topological polar surface area (TPSA) is 25.2 Å². The molecule has 0 aliphatic carbocycles. The third-order valence-electron chi connectivity index (χ3n) is 2.39. The van der Waals surface area contributed by atoms with Crippen molar-refractivity contribution in [3.05, 3.63) is 36.8 Å². The van der Waals surface area contributed by atoms with Crippen LogP contribution in [-0.2, 0) is 6.54 Å². The molecule has 0 saturated heterocycles. The second-order valence-electron chi connectivity index (χ2n) is 3.48. The molecular formula is C12H19NO. The minimum atomic E-state index is 0.586.